The van der Waals surface area contributed by atoms with Gasteiger partial charge in [-0.15, -0.1) is 0 Å². The molecule has 0 aliphatic rings. The van der Waals surface area contributed by atoms with Crippen LogP contribution in [0.15, 0.2) is 53.1 Å². The van der Waals surface area contributed by atoms with Crippen molar-refractivity contribution >= 4 is 34.7 Å². The largest absolute Gasteiger partial charge is 0.467 e. The standard InChI is InChI=1S/C15H13ClN4OS/c16-11-5-3-10(4-6-11)13-8-14(20-19-13)18-15(22)17-9-12-2-1-7-21-12/h1-8H,9H2,(H3,17,18,19,20,22). The van der Waals surface area contributed by atoms with E-state index in [4.69, 9.17) is 28.2 Å². The highest BCUT2D eigenvalue weighted by atomic mass is 35.5. The minimum atomic E-state index is 0.477. The fourth-order valence-electron chi connectivity index (χ4n) is 1.90. The molecule has 0 fully saturated rings. The van der Waals surface area contributed by atoms with Gasteiger partial charge in [0.2, 0.25) is 0 Å². The molecule has 2 heterocycles. The van der Waals surface area contributed by atoms with E-state index in [-0.39, 0.29) is 0 Å². The molecule has 3 N–H and O–H groups in total. The maximum Gasteiger partial charge on any atom is 0.172 e. The van der Waals surface area contributed by atoms with Crippen LogP contribution in [-0.4, -0.2) is 15.3 Å². The summed E-state index contributed by atoms with van der Waals surface area (Å²) in [5, 5.41) is 14.4. The average Bonchev–Trinajstić information content (AvgIpc) is 3.17. The summed E-state index contributed by atoms with van der Waals surface area (Å²) in [6, 6.07) is 13.1. The van der Waals surface area contributed by atoms with E-state index in [9.17, 15) is 0 Å². The van der Waals surface area contributed by atoms with Crippen molar-refractivity contribution in [2.24, 2.45) is 0 Å². The van der Waals surface area contributed by atoms with E-state index in [2.05, 4.69) is 20.8 Å². The molecule has 3 rings (SSSR count). The van der Waals surface area contributed by atoms with Gasteiger partial charge >= 0.3 is 0 Å². The lowest BCUT2D eigenvalue weighted by molar-refractivity contribution is 0.503. The van der Waals surface area contributed by atoms with Crippen molar-refractivity contribution in [1.29, 1.82) is 0 Å². The predicted molar refractivity (Wildman–Crippen MR) is 90.8 cm³/mol. The Balaban J connectivity index is 1.59. The predicted octanol–water partition coefficient (Wildman–Crippen LogP) is 3.81. The molecule has 3 aromatic rings. The Morgan fingerprint density at radius 2 is 2.09 bits per heavy atom. The first-order valence-electron chi connectivity index (χ1n) is 6.59. The van der Waals surface area contributed by atoms with Crippen LogP contribution in [0.5, 0.6) is 0 Å². The van der Waals surface area contributed by atoms with Gasteiger partial charge in [-0.2, -0.15) is 5.10 Å². The Kier molecular flexibility index (Phi) is 4.41. The lowest BCUT2D eigenvalue weighted by Gasteiger charge is -2.06. The summed E-state index contributed by atoms with van der Waals surface area (Å²) in [7, 11) is 0. The molecule has 5 nitrogen and oxygen atoms in total. The van der Waals surface area contributed by atoms with E-state index in [1.165, 1.54) is 0 Å². The maximum absolute atomic E-state index is 5.88. The zero-order chi connectivity index (χ0) is 15.4. The van der Waals surface area contributed by atoms with Crippen LogP contribution in [0.1, 0.15) is 5.76 Å². The van der Waals surface area contributed by atoms with Crippen LogP contribution in [0.2, 0.25) is 5.02 Å². The molecule has 0 radical (unpaired) electrons. The average molecular weight is 333 g/mol. The number of H-pyrrole nitrogens is 1. The molecule has 1 aromatic carbocycles. The molecule has 0 saturated heterocycles. The summed E-state index contributed by atoms with van der Waals surface area (Å²) in [5.74, 6) is 1.45. The maximum atomic E-state index is 5.88. The second-order valence-electron chi connectivity index (χ2n) is 4.56. The van der Waals surface area contributed by atoms with Crippen molar-refractivity contribution in [3.63, 3.8) is 0 Å². The number of hydrogen-bond acceptors (Lipinski definition) is 3. The Hall–Kier alpha value is -2.31. The van der Waals surface area contributed by atoms with Crippen LogP contribution >= 0.6 is 23.8 Å². The number of benzene rings is 1. The molecular weight excluding hydrogens is 320 g/mol. The van der Waals surface area contributed by atoms with E-state index in [0.29, 0.717) is 22.5 Å². The minimum Gasteiger partial charge on any atom is -0.467 e. The number of hydrogen-bond donors (Lipinski definition) is 3. The van der Waals surface area contributed by atoms with Crippen LogP contribution < -0.4 is 10.6 Å². The van der Waals surface area contributed by atoms with Gasteiger partial charge in [-0.3, -0.25) is 5.10 Å². The van der Waals surface area contributed by atoms with Gasteiger partial charge in [0, 0.05) is 11.1 Å². The molecular formula is C15H13ClN4OS. The smallest absolute Gasteiger partial charge is 0.172 e. The summed E-state index contributed by atoms with van der Waals surface area (Å²) in [5.41, 5.74) is 1.88. The van der Waals surface area contributed by atoms with Crippen LogP contribution in [0.25, 0.3) is 11.3 Å². The third-order valence-corrected chi connectivity index (χ3v) is 3.48. The van der Waals surface area contributed by atoms with Gasteiger partial charge in [-0.1, -0.05) is 23.7 Å². The fraction of sp³-hybridized carbons (Fsp3) is 0.0667. The number of halogens is 1. The molecule has 0 aliphatic heterocycles. The Morgan fingerprint density at radius 1 is 1.27 bits per heavy atom. The van der Waals surface area contributed by atoms with Crippen LogP contribution in [0.3, 0.4) is 0 Å². The number of rotatable bonds is 4. The van der Waals surface area contributed by atoms with Crippen molar-refractivity contribution in [3.05, 3.63) is 59.5 Å². The highest BCUT2D eigenvalue weighted by Gasteiger charge is 2.05. The molecule has 22 heavy (non-hydrogen) atoms. The van der Waals surface area contributed by atoms with Gasteiger partial charge < -0.3 is 15.1 Å². The zero-order valence-corrected chi connectivity index (χ0v) is 13.0. The van der Waals surface area contributed by atoms with Gasteiger partial charge in [0.25, 0.3) is 0 Å². The molecule has 0 saturated carbocycles. The van der Waals surface area contributed by atoms with Gasteiger partial charge in [0.05, 0.1) is 18.5 Å². The normalized spacial score (nSPS) is 10.4. The molecule has 112 valence electrons. The molecule has 0 aliphatic carbocycles. The first-order valence-corrected chi connectivity index (χ1v) is 7.38. The number of nitrogens with zero attached hydrogens (tertiary/aromatic N) is 1. The summed E-state index contributed by atoms with van der Waals surface area (Å²) in [6.07, 6.45) is 1.62. The summed E-state index contributed by atoms with van der Waals surface area (Å²) in [4.78, 5) is 0. The Bertz CT molecular complexity index is 752. The molecule has 0 amide bonds. The summed E-state index contributed by atoms with van der Waals surface area (Å²) in [6.45, 7) is 0.521. The van der Waals surface area contributed by atoms with Crippen molar-refractivity contribution < 1.29 is 4.42 Å². The van der Waals surface area contributed by atoms with Gasteiger partial charge in [0.1, 0.15) is 5.76 Å². The number of furan rings is 1. The number of aromatic nitrogens is 2. The number of aromatic amines is 1. The van der Waals surface area contributed by atoms with Gasteiger partial charge in [-0.05, 0) is 42.0 Å². The van der Waals surface area contributed by atoms with Gasteiger partial charge in [-0.25, -0.2) is 0 Å². The second-order valence-corrected chi connectivity index (χ2v) is 5.41. The number of nitrogens with one attached hydrogen (secondary N) is 3. The molecule has 0 atom stereocenters. The topological polar surface area (TPSA) is 65.9 Å². The van der Waals surface area contributed by atoms with E-state index in [1.807, 2.05) is 42.5 Å². The highest BCUT2D eigenvalue weighted by molar-refractivity contribution is 7.80. The monoisotopic (exact) mass is 332 g/mol. The van der Waals surface area contributed by atoms with Crippen molar-refractivity contribution in [3.8, 4) is 11.3 Å². The Morgan fingerprint density at radius 3 is 2.82 bits per heavy atom. The summed E-state index contributed by atoms with van der Waals surface area (Å²) >= 11 is 11.1. The van der Waals surface area contributed by atoms with Crippen molar-refractivity contribution in [2.45, 2.75) is 6.54 Å². The van der Waals surface area contributed by atoms with Crippen molar-refractivity contribution in [2.75, 3.05) is 5.32 Å². The van der Waals surface area contributed by atoms with Gasteiger partial charge in [0.15, 0.2) is 10.9 Å². The van der Waals surface area contributed by atoms with Crippen LogP contribution in [0.4, 0.5) is 5.82 Å². The molecule has 7 heteroatoms. The van der Waals surface area contributed by atoms with E-state index >= 15 is 0 Å². The number of anilines is 1. The SMILES string of the molecule is S=C(NCc1ccco1)Nc1cc(-c2ccc(Cl)cc2)[nH]n1. The second kappa shape index (κ2) is 6.64. The lowest BCUT2D eigenvalue weighted by atomic mass is 10.1. The Labute approximate surface area is 137 Å². The van der Waals surface area contributed by atoms with Crippen molar-refractivity contribution in [1.82, 2.24) is 15.5 Å². The first kappa shape index (κ1) is 14.6. The minimum absolute atomic E-state index is 0.477. The van der Waals surface area contributed by atoms with E-state index < -0.39 is 0 Å². The molecule has 0 bridgehead atoms. The summed E-state index contributed by atoms with van der Waals surface area (Å²) < 4.78 is 5.22. The molecule has 0 unspecified atom stereocenters. The molecule has 2 aromatic heterocycles. The lowest BCUT2D eigenvalue weighted by Crippen LogP contribution is -2.27. The van der Waals surface area contributed by atoms with E-state index in [0.717, 1.165) is 17.0 Å². The van der Waals surface area contributed by atoms with Crippen LogP contribution in [0, 0.1) is 0 Å². The van der Waals surface area contributed by atoms with Crippen LogP contribution in [-0.2, 0) is 6.54 Å². The quantitative estimate of drug-likeness (QED) is 0.634. The zero-order valence-electron chi connectivity index (χ0n) is 11.5. The third kappa shape index (κ3) is 3.66. The number of thiocarbonyl (C=S) groups is 1. The highest BCUT2D eigenvalue weighted by Crippen LogP contribution is 2.21. The molecule has 0 spiro atoms. The van der Waals surface area contributed by atoms with E-state index in [1.54, 1.807) is 6.26 Å². The fourth-order valence-corrected chi connectivity index (χ4v) is 2.21. The first-order chi connectivity index (χ1) is 10.7. The third-order valence-electron chi connectivity index (χ3n) is 2.98.